The van der Waals surface area contributed by atoms with E-state index in [0.29, 0.717) is 12.1 Å². The number of rotatable bonds is 11. The van der Waals surface area contributed by atoms with Gasteiger partial charge < -0.3 is 19.7 Å². The van der Waals surface area contributed by atoms with Crippen LogP contribution in [0.1, 0.15) is 31.7 Å². The van der Waals surface area contributed by atoms with Gasteiger partial charge in [0.1, 0.15) is 18.4 Å². The van der Waals surface area contributed by atoms with Crippen molar-refractivity contribution in [1.29, 1.82) is 0 Å². The number of hydrogen-bond acceptors (Lipinski definition) is 7. The molecule has 0 saturated carbocycles. The van der Waals surface area contributed by atoms with Crippen LogP contribution in [0.5, 0.6) is 0 Å². The number of methoxy groups -OCH3 is 1. The van der Waals surface area contributed by atoms with Gasteiger partial charge in [-0.05, 0) is 12.5 Å². The van der Waals surface area contributed by atoms with Crippen LogP contribution in [0.25, 0.3) is 0 Å². The highest BCUT2D eigenvalue weighted by atomic mass is 16.5. The second-order valence-electron chi connectivity index (χ2n) is 6.99. The van der Waals surface area contributed by atoms with Crippen LogP contribution in [0.2, 0.25) is 0 Å². The SMILES string of the molecule is COC(=O)CCN(CC(C)=O)C(=O)[C@H](CC1=CCC=N1)NC(=O)OCc1ccccc1. The summed E-state index contributed by atoms with van der Waals surface area (Å²) in [6, 6.07) is 8.14. The highest BCUT2D eigenvalue weighted by molar-refractivity contribution is 5.90. The van der Waals surface area contributed by atoms with E-state index < -0.39 is 24.0 Å². The summed E-state index contributed by atoms with van der Waals surface area (Å²) >= 11 is 0. The first-order valence-electron chi connectivity index (χ1n) is 9.93. The minimum Gasteiger partial charge on any atom is -0.469 e. The smallest absolute Gasteiger partial charge is 0.408 e. The van der Waals surface area contributed by atoms with Gasteiger partial charge in [0.05, 0.1) is 20.1 Å². The van der Waals surface area contributed by atoms with Crippen molar-refractivity contribution in [3.8, 4) is 0 Å². The molecule has 0 fully saturated rings. The molecule has 0 aromatic heterocycles. The van der Waals surface area contributed by atoms with Crippen molar-refractivity contribution in [2.45, 2.75) is 38.8 Å². The Labute approximate surface area is 181 Å². The minimum absolute atomic E-state index is 0.00928. The number of hydrogen-bond donors (Lipinski definition) is 1. The second-order valence-corrected chi connectivity index (χ2v) is 6.99. The zero-order chi connectivity index (χ0) is 22.6. The number of benzene rings is 1. The Bertz CT molecular complexity index is 850. The molecule has 0 aliphatic carbocycles. The number of ketones is 1. The van der Waals surface area contributed by atoms with Crippen LogP contribution in [0.4, 0.5) is 4.79 Å². The molecule has 2 amide bonds. The van der Waals surface area contributed by atoms with Gasteiger partial charge >= 0.3 is 12.1 Å². The Morgan fingerprint density at radius 3 is 2.55 bits per heavy atom. The molecule has 166 valence electrons. The molecule has 1 aromatic rings. The number of aliphatic imine (C=N–C) groups is 1. The van der Waals surface area contributed by atoms with Gasteiger partial charge in [-0.1, -0.05) is 36.4 Å². The Morgan fingerprint density at radius 2 is 1.94 bits per heavy atom. The van der Waals surface area contributed by atoms with E-state index in [1.54, 1.807) is 6.21 Å². The molecule has 0 radical (unpaired) electrons. The van der Waals surface area contributed by atoms with Crippen molar-refractivity contribution in [3.63, 3.8) is 0 Å². The molecule has 1 heterocycles. The maximum Gasteiger partial charge on any atom is 0.408 e. The average molecular weight is 429 g/mol. The number of alkyl carbamates (subject to hydrolysis) is 1. The first-order chi connectivity index (χ1) is 14.9. The molecular weight excluding hydrogens is 402 g/mol. The summed E-state index contributed by atoms with van der Waals surface area (Å²) in [7, 11) is 1.25. The molecule has 1 aromatic carbocycles. The Morgan fingerprint density at radius 1 is 1.19 bits per heavy atom. The number of allylic oxidation sites excluding steroid dienone is 1. The van der Waals surface area contributed by atoms with Crippen LogP contribution >= 0.6 is 0 Å². The van der Waals surface area contributed by atoms with Crippen LogP contribution in [-0.2, 0) is 30.5 Å². The third-order valence-corrected chi connectivity index (χ3v) is 4.47. The monoisotopic (exact) mass is 429 g/mol. The molecular formula is C22H27N3O6. The second kappa shape index (κ2) is 12.3. The zero-order valence-electron chi connectivity index (χ0n) is 17.7. The number of amides is 2. The average Bonchev–Trinajstić information content (AvgIpc) is 3.27. The maximum atomic E-state index is 13.1. The summed E-state index contributed by atoms with van der Waals surface area (Å²) in [6.07, 6.45) is 3.51. The van der Waals surface area contributed by atoms with Gasteiger partial charge in [-0.25, -0.2) is 4.79 Å². The fourth-order valence-electron chi connectivity index (χ4n) is 2.95. The topological polar surface area (TPSA) is 114 Å². The van der Waals surface area contributed by atoms with Gasteiger partial charge in [-0.2, -0.15) is 0 Å². The van der Waals surface area contributed by atoms with Crippen LogP contribution in [-0.4, -0.2) is 61.1 Å². The number of carbonyl (C=O) groups is 4. The summed E-state index contributed by atoms with van der Waals surface area (Å²) in [6.45, 7) is 1.20. The van der Waals surface area contributed by atoms with Crippen molar-refractivity contribution < 1.29 is 28.7 Å². The van der Waals surface area contributed by atoms with E-state index in [-0.39, 0.29) is 38.3 Å². The van der Waals surface area contributed by atoms with Gasteiger partial charge in [-0.3, -0.25) is 19.4 Å². The lowest BCUT2D eigenvalue weighted by Gasteiger charge is -2.26. The minimum atomic E-state index is -0.998. The van der Waals surface area contributed by atoms with Gasteiger partial charge in [-0.15, -0.1) is 0 Å². The highest BCUT2D eigenvalue weighted by Gasteiger charge is 2.29. The fourth-order valence-corrected chi connectivity index (χ4v) is 2.95. The number of carbonyl (C=O) groups excluding carboxylic acids is 4. The molecule has 1 aliphatic rings. The lowest BCUT2D eigenvalue weighted by Crippen LogP contribution is -2.50. The maximum absolute atomic E-state index is 13.1. The number of ether oxygens (including phenoxy) is 2. The summed E-state index contributed by atoms with van der Waals surface area (Å²) < 4.78 is 9.84. The third-order valence-electron chi connectivity index (χ3n) is 4.47. The first kappa shape index (κ1) is 23.8. The lowest BCUT2D eigenvalue weighted by molar-refractivity contribution is -0.143. The summed E-state index contributed by atoms with van der Waals surface area (Å²) in [5, 5.41) is 2.57. The molecule has 31 heavy (non-hydrogen) atoms. The first-order valence-corrected chi connectivity index (χ1v) is 9.93. The van der Waals surface area contributed by atoms with E-state index in [1.807, 2.05) is 36.4 Å². The van der Waals surface area contributed by atoms with Crippen LogP contribution < -0.4 is 5.32 Å². The molecule has 1 N–H and O–H groups in total. The predicted octanol–water partition coefficient (Wildman–Crippen LogP) is 2.01. The molecule has 2 rings (SSSR count). The summed E-state index contributed by atoms with van der Waals surface area (Å²) in [5.74, 6) is -1.25. The van der Waals surface area contributed by atoms with E-state index in [9.17, 15) is 19.2 Å². The van der Waals surface area contributed by atoms with Gasteiger partial charge in [0, 0.05) is 31.3 Å². The Kier molecular flexibility index (Phi) is 9.41. The quantitative estimate of drug-likeness (QED) is 0.538. The number of nitrogens with zero attached hydrogens (tertiary/aromatic N) is 2. The normalized spacial score (nSPS) is 13.2. The Balaban J connectivity index is 2.08. The van der Waals surface area contributed by atoms with Crippen molar-refractivity contribution in [2.24, 2.45) is 4.99 Å². The van der Waals surface area contributed by atoms with E-state index in [0.717, 1.165) is 5.56 Å². The molecule has 0 bridgehead atoms. The van der Waals surface area contributed by atoms with Crippen molar-refractivity contribution >= 4 is 30.0 Å². The van der Waals surface area contributed by atoms with E-state index in [4.69, 9.17) is 4.74 Å². The van der Waals surface area contributed by atoms with Crippen LogP contribution in [0, 0.1) is 0 Å². The molecule has 9 nitrogen and oxygen atoms in total. The lowest BCUT2D eigenvalue weighted by atomic mass is 10.1. The molecule has 1 atom stereocenters. The molecule has 0 unspecified atom stereocenters. The largest absolute Gasteiger partial charge is 0.469 e. The van der Waals surface area contributed by atoms with Crippen LogP contribution in [0.15, 0.2) is 47.1 Å². The number of esters is 1. The van der Waals surface area contributed by atoms with Gasteiger partial charge in [0.15, 0.2) is 0 Å². The molecule has 0 saturated heterocycles. The van der Waals surface area contributed by atoms with Gasteiger partial charge in [0.2, 0.25) is 5.91 Å². The third kappa shape index (κ3) is 8.41. The van der Waals surface area contributed by atoms with Crippen molar-refractivity contribution in [2.75, 3.05) is 20.2 Å². The molecule has 1 aliphatic heterocycles. The molecule has 9 heteroatoms. The summed E-state index contributed by atoms with van der Waals surface area (Å²) in [4.78, 5) is 54.1. The number of nitrogens with one attached hydrogen (secondary N) is 1. The zero-order valence-corrected chi connectivity index (χ0v) is 17.7. The molecule has 0 spiro atoms. The number of Topliss-reactive ketones (excluding diaryl/α,β-unsaturated/α-hetero) is 1. The van der Waals surface area contributed by atoms with Crippen LogP contribution in [0.3, 0.4) is 0 Å². The fraction of sp³-hybridized carbons (Fsp3) is 0.409. The van der Waals surface area contributed by atoms with E-state index in [1.165, 1.54) is 18.9 Å². The van der Waals surface area contributed by atoms with Gasteiger partial charge in [0.25, 0.3) is 0 Å². The van der Waals surface area contributed by atoms with Crippen molar-refractivity contribution in [3.05, 3.63) is 47.7 Å². The van der Waals surface area contributed by atoms with Crippen molar-refractivity contribution in [1.82, 2.24) is 10.2 Å². The Hall–Kier alpha value is -3.49. The standard InChI is InChI=1S/C22H27N3O6/c1-16(26)14-25(12-10-20(27)30-2)21(28)19(13-18-9-6-11-23-18)24-22(29)31-15-17-7-4-3-5-8-17/h3-5,7-9,11,19H,6,10,12-15H2,1-2H3,(H,24,29)/t19-/m0/s1. The van der Waals surface area contributed by atoms with E-state index in [2.05, 4.69) is 15.0 Å². The predicted molar refractivity (Wildman–Crippen MR) is 113 cm³/mol. The highest BCUT2D eigenvalue weighted by Crippen LogP contribution is 2.15. The van der Waals surface area contributed by atoms with E-state index >= 15 is 0 Å². The summed E-state index contributed by atoms with van der Waals surface area (Å²) in [5.41, 5.74) is 1.46.